The quantitative estimate of drug-likeness (QED) is 0.767. The number of imidazole rings is 1. The average molecular weight is 256 g/mol. The van der Waals surface area contributed by atoms with Crippen LogP contribution in [0.5, 0.6) is 0 Å². The Hall–Kier alpha value is -2.43. The Morgan fingerprint density at radius 1 is 1.26 bits per heavy atom. The number of nitrogens with two attached hydrogens (primary N) is 1. The molecule has 0 saturated heterocycles. The van der Waals surface area contributed by atoms with Gasteiger partial charge in [0.25, 0.3) is 0 Å². The second kappa shape index (κ2) is 4.35. The molecule has 0 amide bonds. The predicted octanol–water partition coefficient (Wildman–Crippen LogP) is 2.84. The maximum absolute atomic E-state index is 13.3. The summed E-state index contributed by atoms with van der Waals surface area (Å²) in [6.07, 6.45) is 1.59. The summed E-state index contributed by atoms with van der Waals surface area (Å²) in [6, 6.07) is 8.21. The fourth-order valence-electron chi connectivity index (χ4n) is 2.16. The van der Waals surface area contributed by atoms with Crippen molar-refractivity contribution in [3.8, 4) is 11.5 Å². The van der Waals surface area contributed by atoms with Crippen LogP contribution in [0.4, 0.5) is 10.1 Å². The van der Waals surface area contributed by atoms with Gasteiger partial charge in [-0.1, -0.05) is 0 Å². The molecule has 0 spiro atoms. The molecule has 2 N–H and O–H groups in total. The fraction of sp³-hybridized carbons (Fsp3) is 0.143. The molecular weight excluding hydrogens is 243 g/mol. The van der Waals surface area contributed by atoms with E-state index in [0.717, 1.165) is 23.6 Å². The van der Waals surface area contributed by atoms with Gasteiger partial charge in [-0.25, -0.2) is 9.37 Å². The third-order valence-corrected chi connectivity index (χ3v) is 3.04. The molecule has 0 aliphatic heterocycles. The summed E-state index contributed by atoms with van der Waals surface area (Å²) >= 11 is 0. The maximum atomic E-state index is 13.3. The number of aryl methyl sites for hydroxylation is 1. The lowest BCUT2D eigenvalue weighted by molar-refractivity contribution is 0.629. The van der Waals surface area contributed by atoms with E-state index in [2.05, 4.69) is 9.97 Å². The average Bonchev–Trinajstić information content (AvgIpc) is 2.77. The van der Waals surface area contributed by atoms with Crippen LogP contribution in [0.3, 0.4) is 0 Å². The highest BCUT2D eigenvalue weighted by Gasteiger charge is 2.12. The van der Waals surface area contributed by atoms with Crippen molar-refractivity contribution in [2.24, 2.45) is 0 Å². The molecule has 1 aromatic carbocycles. The van der Waals surface area contributed by atoms with Gasteiger partial charge in [-0.15, -0.1) is 0 Å². The number of halogens is 1. The van der Waals surface area contributed by atoms with Gasteiger partial charge in [0.05, 0.1) is 22.9 Å². The Kier molecular flexibility index (Phi) is 2.67. The number of rotatable bonds is 2. The van der Waals surface area contributed by atoms with E-state index in [1.807, 2.05) is 17.6 Å². The largest absolute Gasteiger partial charge is 0.397 e. The van der Waals surface area contributed by atoms with Gasteiger partial charge in [0.2, 0.25) is 0 Å². The molecule has 0 saturated carbocycles. The summed E-state index contributed by atoms with van der Waals surface area (Å²) in [4.78, 5) is 8.74. The minimum absolute atomic E-state index is 0.287. The van der Waals surface area contributed by atoms with Crippen molar-refractivity contribution in [1.82, 2.24) is 14.5 Å². The van der Waals surface area contributed by atoms with E-state index >= 15 is 0 Å². The molecule has 2 aromatic heterocycles. The molecule has 2 heterocycles. The van der Waals surface area contributed by atoms with Gasteiger partial charge < -0.3 is 10.3 Å². The van der Waals surface area contributed by atoms with Gasteiger partial charge in [0.1, 0.15) is 11.5 Å². The number of hydrogen-bond donors (Lipinski definition) is 1. The molecule has 0 radical (unpaired) electrons. The lowest BCUT2D eigenvalue weighted by atomic mass is 10.3. The number of nitrogen functional groups attached to an aromatic ring is 1. The van der Waals surface area contributed by atoms with Gasteiger partial charge in [0, 0.05) is 12.6 Å². The standard InChI is InChI=1S/C14H13FN4/c1-2-19-13-6-3-9(15)7-12(13)18-14(19)11-5-4-10(16)8-17-11/h3-8H,2,16H2,1H3. The fourth-order valence-corrected chi connectivity index (χ4v) is 2.16. The molecule has 0 atom stereocenters. The second-order valence-corrected chi connectivity index (χ2v) is 4.29. The molecular formula is C14H13FN4. The molecule has 4 nitrogen and oxygen atoms in total. The number of nitrogens with zero attached hydrogens (tertiary/aromatic N) is 3. The molecule has 0 fully saturated rings. The van der Waals surface area contributed by atoms with E-state index in [-0.39, 0.29) is 5.82 Å². The monoisotopic (exact) mass is 256 g/mol. The molecule has 0 bridgehead atoms. The molecule has 19 heavy (non-hydrogen) atoms. The lowest BCUT2D eigenvalue weighted by Crippen LogP contribution is -1.99. The Labute approximate surface area is 109 Å². The van der Waals surface area contributed by atoms with Crippen LogP contribution in [-0.2, 0) is 6.54 Å². The molecule has 0 unspecified atom stereocenters. The van der Waals surface area contributed by atoms with Crippen molar-refractivity contribution in [2.75, 3.05) is 5.73 Å². The zero-order valence-electron chi connectivity index (χ0n) is 10.5. The van der Waals surface area contributed by atoms with Crippen molar-refractivity contribution in [3.63, 3.8) is 0 Å². The minimum Gasteiger partial charge on any atom is -0.397 e. The highest BCUT2D eigenvalue weighted by atomic mass is 19.1. The van der Waals surface area contributed by atoms with Crippen LogP contribution in [-0.4, -0.2) is 14.5 Å². The first-order valence-corrected chi connectivity index (χ1v) is 6.06. The SMILES string of the molecule is CCn1c(-c2ccc(N)cn2)nc2cc(F)ccc21. The van der Waals surface area contributed by atoms with Crippen LogP contribution >= 0.6 is 0 Å². The van der Waals surface area contributed by atoms with Gasteiger partial charge >= 0.3 is 0 Å². The van der Waals surface area contributed by atoms with Crippen molar-refractivity contribution < 1.29 is 4.39 Å². The van der Waals surface area contributed by atoms with Crippen LogP contribution in [0.1, 0.15) is 6.92 Å². The van der Waals surface area contributed by atoms with Crippen LogP contribution in [0.15, 0.2) is 36.5 Å². The molecule has 5 heteroatoms. The molecule has 0 aliphatic rings. The summed E-state index contributed by atoms with van der Waals surface area (Å²) in [7, 11) is 0. The van der Waals surface area contributed by atoms with E-state index in [0.29, 0.717) is 11.2 Å². The van der Waals surface area contributed by atoms with Gasteiger partial charge in [-0.2, -0.15) is 0 Å². The molecule has 3 rings (SSSR count). The second-order valence-electron chi connectivity index (χ2n) is 4.29. The Morgan fingerprint density at radius 3 is 2.79 bits per heavy atom. The summed E-state index contributed by atoms with van der Waals surface area (Å²) in [5, 5.41) is 0. The summed E-state index contributed by atoms with van der Waals surface area (Å²) in [5.74, 6) is 0.438. The topological polar surface area (TPSA) is 56.7 Å². The van der Waals surface area contributed by atoms with Gasteiger partial charge in [-0.05, 0) is 31.2 Å². The first-order chi connectivity index (χ1) is 9.19. The van der Waals surface area contributed by atoms with Crippen molar-refractivity contribution >= 4 is 16.7 Å². The van der Waals surface area contributed by atoms with Crippen molar-refractivity contribution in [3.05, 3.63) is 42.3 Å². The zero-order chi connectivity index (χ0) is 13.4. The Balaban J connectivity index is 2.25. The third kappa shape index (κ3) is 1.93. The Bertz CT molecular complexity index is 731. The van der Waals surface area contributed by atoms with Gasteiger partial charge in [-0.3, -0.25) is 4.98 Å². The molecule has 96 valence electrons. The number of anilines is 1. The number of fused-ring (bicyclic) bond motifs is 1. The number of pyridine rings is 1. The van der Waals surface area contributed by atoms with E-state index in [9.17, 15) is 4.39 Å². The normalized spacial score (nSPS) is 11.1. The first kappa shape index (κ1) is 11.6. The summed E-state index contributed by atoms with van der Waals surface area (Å²) in [5.41, 5.74) is 8.50. The van der Waals surface area contributed by atoms with Crippen LogP contribution < -0.4 is 5.73 Å². The van der Waals surface area contributed by atoms with Crippen LogP contribution in [0, 0.1) is 5.82 Å². The van der Waals surface area contributed by atoms with Crippen LogP contribution in [0.2, 0.25) is 0 Å². The maximum Gasteiger partial charge on any atom is 0.159 e. The van der Waals surface area contributed by atoms with E-state index < -0.39 is 0 Å². The predicted molar refractivity (Wildman–Crippen MR) is 73.0 cm³/mol. The van der Waals surface area contributed by atoms with Crippen molar-refractivity contribution in [1.29, 1.82) is 0 Å². The molecule has 3 aromatic rings. The van der Waals surface area contributed by atoms with Gasteiger partial charge in [0.15, 0.2) is 5.82 Å². The number of hydrogen-bond acceptors (Lipinski definition) is 3. The van der Waals surface area contributed by atoms with E-state index in [1.165, 1.54) is 12.1 Å². The van der Waals surface area contributed by atoms with Crippen LogP contribution in [0.25, 0.3) is 22.6 Å². The summed E-state index contributed by atoms with van der Waals surface area (Å²) < 4.78 is 15.3. The smallest absolute Gasteiger partial charge is 0.159 e. The first-order valence-electron chi connectivity index (χ1n) is 6.06. The number of benzene rings is 1. The van der Waals surface area contributed by atoms with Crippen molar-refractivity contribution in [2.45, 2.75) is 13.5 Å². The lowest BCUT2D eigenvalue weighted by Gasteiger charge is -2.05. The molecule has 0 aliphatic carbocycles. The number of aromatic nitrogens is 3. The zero-order valence-corrected chi connectivity index (χ0v) is 10.5. The summed E-state index contributed by atoms with van der Waals surface area (Å²) in [6.45, 7) is 2.76. The Morgan fingerprint density at radius 2 is 2.11 bits per heavy atom. The highest BCUT2D eigenvalue weighted by Crippen LogP contribution is 2.24. The third-order valence-electron chi connectivity index (χ3n) is 3.04. The highest BCUT2D eigenvalue weighted by molar-refractivity contribution is 5.80. The minimum atomic E-state index is -0.287. The van der Waals surface area contributed by atoms with E-state index in [4.69, 9.17) is 5.73 Å². The van der Waals surface area contributed by atoms with E-state index in [1.54, 1.807) is 18.3 Å².